The molecule has 0 bridgehead atoms. The van der Waals surface area contributed by atoms with Gasteiger partial charge in [0.25, 0.3) is 0 Å². The van der Waals surface area contributed by atoms with Crippen LogP contribution in [0.25, 0.3) is 11.4 Å². The van der Waals surface area contributed by atoms with Gasteiger partial charge in [-0.1, -0.05) is 17.8 Å². The fourth-order valence-electron chi connectivity index (χ4n) is 2.50. The van der Waals surface area contributed by atoms with Crippen LogP contribution in [-0.2, 0) is 0 Å². The van der Waals surface area contributed by atoms with Crippen molar-refractivity contribution in [3.05, 3.63) is 53.6 Å². The average molecular weight is 355 g/mol. The first kappa shape index (κ1) is 17.4. The number of H-pyrrole nitrogens is 1. The monoisotopic (exact) mass is 355 g/mol. The molecule has 0 saturated carbocycles. The Hall–Kier alpha value is -2.47. The van der Waals surface area contributed by atoms with Crippen LogP contribution < -0.4 is 9.47 Å². The van der Waals surface area contributed by atoms with Gasteiger partial charge in [-0.05, 0) is 61.4 Å². The summed E-state index contributed by atoms with van der Waals surface area (Å²) in [6, 6.07) is 14.0. The maximum atomic E-state index is 5.81. The topological polar surface area (TPSA) is 60.0 Å². The fourth-order valence-corrected chi connectivity index (χ4v) is 3.11. The quantitative estimate of drug-likeness (QED) is 0.507. The molecule has 6 heteroatoms. The van der Waals surface area contributed by atoms with Gasteiger partial charge >= 0.3 is 0 Å². The van der Waals surface area contributed by atoms with Crippen molar-refractivity contribution in [2.24, 2.45) is 0 Å². The van der Waals surface area contributed by atoms with Gasteiger partial charge in [-0.15, -0.1) is 5.10 Å². The predicted molar refractivity (Wildman–Crippen MR) is 101 cm³/mol. The minimum Gasteiger partial charge on any atom is -0.497 e. The zero-order chi connectivity index (χ0) is 17.6. The van der Waals surface area contributed by atoms with E-state index in [1.165, 1.54) is 11.1 Å². The van der Waals surface area contributed by atoms with Gasteiger partial charge in [0.05, 0.1) is 13.7 Å². The maximum Gasteiger partial charge on any atom is 0.208 e. The molecule has 0 amide bonds. The molecule has 0 saturated heterocycles. The second-order valence-corrected chi connectivity index (χ2v) is 6.78. The Labute approximate surface area is 151 Å². The average Bonchev–Trinajstić information content (AvgIpc) is 3.07. The molecule has 0 atom stereocenters. The number of aromatic nitrogens is 3. The van der Waals surface area contributed by atoms with Crippen molar-refractivity contribution in [3.63, 3.8) is 0 Å². The number of aromatic amines is 1. The lowest BCUT2D eigenvalue weighted by atomic mass is 10.1. The molecule has 0 unspecified atom stereocenters. The highest BCUT2D eigenvalue weighted by Gasteiger charge is 2.07. The molecular formula is C19H21N3O2S. The number of rotatable bonds is 7. The third kappa shape index (κ3) is 4.76. The van der Waals surface area contributed by atoms with E-state index >= 15 is 0 Å². The van der Waals surface area contributed by atoms with Gasteiger partial charge in [0.2, 0.25) is 5.16 Å². The maximum absolute atomic E-state index is 5.81. The van der Waals surface area contributed by atoms with Crippen LogP contribution >= 0.6 is 11.8 Å². The molecule has 0 aliphatic heterocycles. The van der Waals surface area contributed by atoms with Crippen LogP contribution in [0.4, 0.5) is 0 Å². The number of hydrogen-bond acceptors (Lipinski definition) is 5. The number of thioether (sulfide) groups is 1. The molecular weight excluding hydrogens is 334 g/mol. The summed E-state index contributed by atoms with van der Waals surface area (Å²) in [6.07, 6.45) is 0. The Kier molecular flexibility index (Phi) is 5.60. The van der Waals surface area contributed by atoms with Crippen molar-refractivity contribution < 1.29 is 9.47 Å². The summed E-state index contributed by atoms with van der Waals surface area (Å²) < 4.78 is 11.0. The summed E-state index contributed by atoms with van der Waals surface area (Å²) in [5.74, 6) is 3.26. The lowest BCUT2D eigenvalue weighted by Gasteiger charge is -2.07. The van der Waals surface area contributed by atoms with E-state index in [-0.39, 0.29) is 0 Å². The van der Waals surface area contributed by atoms with Crippen molar-refractivity contribution in [2.45, 2.75) is 19.0 Å². The lowest BCUT2D eigenvalue weighted by molar-refractivity contribution is 0.343. The number of benzene rings is 2. The summed E-state index contributed by atoms with van der Waals surface area (Å²) in [6.45, 7) is 4.76. The van der Waals surface area contributed by atoms with E-state index in [0.717, 1.165) is 33.8 Å². The Balaban J connectivity index is 1.51. The first-order valence-corrected chi connectivity index (χ1v) is 9.03. The summed E-state index contributed by atoms with van der Waals surface area (Å²) in [7, 11) is 1.65. The van der Waals surface area contributed by atoms with Gasteiger partial charge in [0.15, 0.2) is 5.82 Å². The van der Waals surface area contributed by atoms with Gasteiger partial charge in [0, 0.05) is 11.3 Å². The molecule has 1 N–H and O–H groups in total. The molecule has 2 aromatic carbocycles. The molecule has 0 aliphatic rings. The highest BCUT2D eigenvalue weighted by molar-refractivity contribution is 7.99. The smallest absolute Gasteiger partial charge is 0.208 e. The van der Waals surface area contributed by atoms with Crippen LogP contribution in [0.5, 0.6) is 11.5 Å². The van der Waals surface area contributed by atoms with Crippen molar-refractivity contribution in [1.82, 2.24) is 15.2 Å². The molecule has 3 aromatic rings. The van der Waals surface area contributed by atoms with E-state index in [4.69, 9.17) is 9.47 Å². The van der Waals surface area contributed by atoms with Crippen LogP contribution in [0, 0.1) is 13.8 Å². The molecule has 3 rings (SSSR count). The van der Waals surface area contributed by atoms with Gasteiger partial charge in [0.1, 0.15) is 11.5 Å². The molecule has 1 aromatic heterocycles. The van der Waals surface area contributed by atoms with Crippen LogP contribution in [0.15, 0.2) is 47.6 Å². The summed E-state index contributed by atoms with van der Waals surface area (Å²) in [4.78, 5) is 4.51. The van der Waals surface area contributed by atoms with Gasteiger partial charge in [-0.25, -0.2) is 4.98 Å². The van der Waals surface area contributed by atoms with E-state index in [2.05, 4.69) is 35.1 Å². The summed E-state index contributed by atoms with van der Waals surface area (Å²) in [5.41, 5.74) is 3.40. The fraction of sp³-hybridized carbons (Fsp3) is 0.263. The normalized spacial score (nSPS) is 10.7. The predicted octanol–water partition coefficient (Wildman–Crippen LogP) is 4.27. The van der Waals surface area contributed by atoms with Crippen LogP contribution in [-0.4, -0.2) is 34.7 Å². The Morgan fingerprint density at radius 3 is 2.40 bits per heavy atom. The molecule has 0 radical (unpaired) electrons. The van der Waals surface area contributed by atoms with Crippen molar-refractivity contribution >= 4 is 11.8 Å². The minimum absolute atomic E-state index is 0.611. The third-order valence-electron chi connectivity index (χ3n) is 3.61. The molecule has 130 valence electrons. The first-order valence-electron chi connectivity index (χ1n) is 8.05. The largest absolute Gasteiger partial charge is 0.497 e. The molecule has 0 aliphatic carbocycles. The van der Waals surface area contributed by atoms with Crippen LogP contribution in [0.2, 0.25) is 0 Å². The number of nitrogens with one attached hydrogen (secondary N) is 1. The number of aryl methyl sites for hydroxylation is 2. The third-order valence-corrected chi connectivity index (χ3v) is 4.42. The Morgan fingerprint density at radius 2 is 1.72 bits per heavy atom. The SMILES string of the molecule is COc1ccc(-c2nc(SCCOc3cc(C)cc(C)c3)n[nH]2)cc1. The second-order valence-electron chi connectivity index (χ2n) is 5.72. The van der Waals surface area contributed by atoms with Crippen molar-refractivity contribution in [2.75, 3.05) is 19.5 Å². The number of ether oxygens (including phenoxy) is 2. The molecule has 1 heterocycles. The number of hydrogen-bond donors (Lipinski definition) is 1. The zero-order valence-electron chi connectivity index (χ0n) is 14.6. The highest BCUT2D eigenvalue weighted by Crippen LogP contribution is 2.22. The number of nitrogens with zero attached hydrogens (tertiary/aromatic N) is 2. The Bertz CT molecular complexity index is 811. The van der Waals surface area contributed by atoms with Crippen LogP contribution in [0.3, 0.4) is 0 Å². The van der Waals surface area contributed by atoms with Gasteiger partial charge in [-0.2, -0.15) is 0 Å². The van der Waals surface area contributed by atoms with E-state index in [0.29, 0.717) is 6.61 Å². The zero-order valence-corrected chi connectivity index (χ0v) is 15.4. The second kappa shape index (κ2) is 8.07. The van der Waals surface area contributed by atoms with E-state index in [9.17, 15) is 0 Å². The molecule has 5 nitrogen and oxygen atoms in total. The van der Waals surface area contributed by atoms with E-state index in [1.807, 2.05) is 36.4 Å². The van der Waals surface area contributed by atoms with Gasteiger partial charge < -0.3 is 9.47 Å². The molecule has 25 heavy (non-hydrogen) atoms. The summed E-state index contributed by atoms with van der Waals surface area (Å²) in [5, 5.41) is 7.93. The highest BCUT2D eigenvalue weighted by atomic mass is 32.2. The molecule has 0 fully saturated rings. The van der Waals surface area contributed by atoms with Crippen molar-refractivity contribution in [3.8, 4) is 22.9 Å². The van der Waals surface area contributed by atoms with E-state index in [1.54, 1.807) is 18.9 Å². The first-order chi connectivity index (χ1) is 12.1. The summed E-state index contributed by atoms with van der Waals surface area (Å²) >= 11 is 1.57. The Morgan fingerprint density at radius 1 is 1.00 bits per heavy atom. The van der Waals surface area contributed by atoms with Gasteiger partial charge in [-0.3, -0.25) is 5.10 Å². The number of methoxy groups -OCH3 is 1. The van der Waals surface area contributed by atoms with Crippen LogP contribution in [0.1, 0.15) is 11.1 Å². The van der Waals surface area contributed by atoms with Crippen molar-refractivity contribution in [1.29, 1.82) is 0 Å². The molecule has 0 spiro atoms. The van der Waals surface area contributed by atoms with E-state index < -0.39 is 0 Å². The minimum atomic E-state index is 0.611. The standard InChI is InChI=1S/C19H21N3O2S/c1-13-10-14(2)12-17(11-13)24-8-9-25-19-20-18(21-22-19)15-4-6-16(23-3)7-5-15/h4-7,10-12H,8-9H2,1-3H3,(H,20,21,22). The lowest BCUT2D eigenvalue weighted by Crippen LogP contribution is -2.00.